The van der Waals surface area contributed by atoms with Gasteiger partial charge in [-0.15, -0.1) is 23.0 Å². The number of nitrogens with one attached hydrogen (secondary N) is 3. The fourth-order valence-corrected chi connectivity index (χ4v) is 2.83. The van der Waals surface area contributed by atoms with E-state index in [9.17, 15) is 9.59 Å². The van der Waals surface area contributed by atoms with E-state index in [-0.39, 0.29) is 5.75 Å². The van der Waals surface area contributed by atoms with Gasteiger partial charge >= 0.3 is 6.03 Å². The number of rotatable bonds is 7. The van der Waals surface area contributed by atoms with Crippen molar-refractivity contribution in [2.45, 2.75) is 11.6 Å². The summed E-state index contributed by atoms with van der Waals surface area (Å²) in [7, 11) is 0. The number of amides is 3. The molecule has 2 aromatic heterocycles. The van der Waals surface area contributed by atoms with Crippen molar-refractivity contribution in [3.8, 4) is 0 Å². The van der Waals surface area contributed by atoms with Gasteiger partial charge in [0.05, 0.1) is 5.75 Å². The average molecular weight is 337 g/mol. The molecule has 0 bridgehead atoms. The molecule has 0 aromatic carbocycles. The number of thioether (sulfide) groups is 1. The van der Waals surface area contributed by atoms with Crippen LogP contribution in [0.25, 0.3) is 0 Å². The number of aromatic amines is 1. The van der Waals surface area contributed by atoms with Gasteiger partial charge in [0.1, 0.15) is 5.82 Å². The van der Waals surface area contributed by atoms with E-state index in [1.165, 1.54) is 22.7 Å². The summed E-state index contributed by atoms with van der Waals surface area (Å²) < 4.78 is 0. The molecule has 2 aromatic rings. The van der Waals surface area contributed by atoms with Gasteiger partial charge in [-0.05, 0) is 11.4 Å². The fraction of sp³-hybridized carbons (Fsp3) is 0.231. The quantitative estimate of drug-likeness (QED) is 0.526. The van der Waals surface area contributed by atoms with Crippen molar-refractivity contribution < 1.29 is 9.59 Å². The first-order chi connectivity index (χ1) is 10.7. The van der Waals surface area contributed by atoms with E-state index in [4.69, 9.17) is 0 Å². The summed E-state index contributed by atoms with van der Waals surface area (Å²) in [5.41, 5.74) is 0. The predicted octanol–water partition coefficient (Wildman–Crippen LogP) is 1.56. The van der Waals surface area contributed by atoms with Crippen LogP contribution in [0.1, 0.15) is 10.7 Å². The summed E-state index contributed by atoms with van der Waals surface area (Å²) >= 11 is 2.81. The number of imide groups is 1. The second-order valence-electron chi connectivity index (χ2n) is 4.16. The molecule has 0 saturated carbocycles. The molecule has 0 aliphatic rings. The second kappa shape index (κ2) is 8.35. The highest BCUT2D eigenvalue weighted by Crippen LogP contribution is 2.15. The molecule has 2 rings (SSSR count). The highest BCUT2D eigenvalue weighted by atomic mass is 32.2. The van der Waals surface area contributed by atoms with Crippen molar-refractivity contribution in [3.63, 3.8) is 0 Å². The Labute approximate surface area is 135 Å². The van der Waals surface area contributed by atoms with Crippen LogP contribution in [0.15, 0.2) is 35.3 Å². The summed E-state index contributed by atoms with van der Waals surface area (Å²) in [6.45, 7) is 3.77. The van der Waals surface area contributed by atoms with Crippen LogP contribution in [0.4, 0.5) is 4.79 Å². The van der Waals surface area contributed by atoms with Gasteiger partial charge in [0.15, 0.2) is 0 Å². The van der Waals surface area contributed by atoms with Gasteiger partial charge in [0, 0.05) is 17.8 Å². The summed E-state index contributed by atoms with van der Waals surface area (Å²) in [4.78, 5) is 28.3. The van der Waals surface area contributed by atoms with E-state index < -0.39 is 11.9 Å². The number of thiophene rings is 1. The molecule has 0 radical (unpaired) electrons. The van der Waals surface area contributed by atoms with E-state index in [2.05, 4.69) is 32.4 Å². The third-order valence-corrected chi connectivity index (χ3v) is 4.15. The number of carbonyl (C=O) groups excluding carboxylic acids is 2. The molecular formula is C13H15N5O2S2. The van der Waals surface area contributed by atoms with Crippen LogP contribution in [-0.4, -0.2) is 39.4 Å². The fourth-order valence-electron chi connectivity index (χ4n) is 1.50. The standard InChI is InChI=1S/C13H15N5O2S2/c1-2-5-14-12(20)16-11(19)8-22-13-15-10(17-18-13)7-9-4-3-6-21-9/h2-4,6H,1,5,7-8H2,(H,15,17,18)(H2,14,16,19,20). The predicted molar refractivity (Wildman–Crippen MR) is 86.0 cm³/mol. The maximum Gasteiger partial charge on any atom is 0.321 e. The zero-order chi connectivity index (χ0) is 15.8. The number of hydrogen-bond donors (Lipinski definition) is 3. The van der Waals surface area contributed by atoms with Crippen molar-refractivity contribution in [2.24, 2.45) is 0 Å². The Morgan fingerprint density at radius 3 is 3.09 bits per heavy atom. The number of H-pyrrole nitrogens is 1. The molecule has 0 spiro atoms. The molecule has 0 unspecified atom stereocenters. The lowest BCUT2D eigenvalue weighted by Gasteiger charge is -2.03. The zero-order valence-corrected chi connectivity index (χ0v) is 13.3. The summed E-state index contributed by atoms with van der Waals surface area (Å²) in [6.07, 6.45) is 2.21. The first-order valence-corrected chi connectivity index (χ1v) is 8.29. The Kier molecular flexibility index (Phi) is 6.16. The number of hydrogen-bond acceptors (Lipinski definition) is 6. The van der Waals surface area contributed by atoms with E-state index >= 15 is 0 Å². The lowest BCUT2D eigenvalue weighted by molar-refractivity contribution is -0.117. The molecule has 2 heterocycles. The lowest BCUT2D eigenvalue weighted by Crippen LogP contribution is -2.40. The van der Waals surface area contributed by atoms with Crippen molar-refractivity contribution >= 4 is 35.0 Å². The third kappa shape index (κ3) is 5.34. The van der Waals surface area contributed by atoms with Gasteiger partial charge < -0.3 is 5.32 Å². The zero-order valence-electron chi connectivity index (χ0n) is 11.7. The number of aromatic nitrogens is 3. The highest BCUT2D eigenvalue weighted by molar-refractivity contribution is 7.99. The Morgan fingerprint density at radius 1 is 1.50 bits per heavy atom. The van der Waals surface area contributed by atoms with Gasteiger partial charge in [0.2, 0.25) is 11.1 Å². The van der Waals surface area contributed by atoms with Gasteiger partial charge in [0.25, 0.3) is 0 Å². The van der Waals surface area contributed by atoms with Gasteiger partial charge in [-0.1, -0.05) is 23.9 Å². The summed E-state index contributed by atoms with van der Waals surface area (Å²) in [5, 5.41) is 14.0. The van der Waals surface area contributed by atoms with Crippen LogP contribution in [0, 0.1) is 0 Å². The molecule has 3 N–H and O–H groups in total. The van der Waals surface area contributed by atoms with E-state index in [1.807, 2.05) is 17.5 Å². The van der Waals surface area contributed by atoms with Crippen LogP contribution in [0.3, 0.4) is 0 Å². The monoisotopic (exact) mass is 337 g/mol. The van der Waals surface area contributed by atoms with Crippen LogP contribution >= 0.6 is 23.1 Å². The van der Waals surface area contributed by atoms with Crippen molar-refractivity contribution in [3.05, 3.63) is 40.9 Å². The normalized spacial score (nSPS) is 10.2. The molecule has 7 nitrogen and oxygen atoms in total. The van der Waals surface area contributed by atoms with Crippen LogP contribution in [0.2, 0.25) is 0 Å². The van der Waals surface area contributed by atoms with Gasteiger partial charge in [-0.25, -0.2) is 9.78 Å². The Balaban J connectivity index is 1.74. The third-order valence-electron chi connectivity index (χ3n) is 2.43. The van der Waals surface area contributed by atoms with Crippen molar-refractivity contribution in [2.75, 3.05) is 12.3 Å². The molecular weight excluding hydrogens is 322 g/mol. The highest BCUT2D eigenvalue weighted by Gasteiger charge is 2.10. The summed E-state index contributed by atoms with van der Waals surface area (Å²) in [5.74, 6) is 0.405. The molecule has 116 valence electrons. The minimum absolute atomic E-state index is 0.0673. The second-order valence-corrected chi connectivity index (χ2v) is 6.13. The molecule has 0 fully saturated rings. The molecule has 0 aliphatic heterocycles. The molecule has 3 amide bonds. The Bertz CT molecular complexity index is 639. The van der Waals surface area contributed by atoms with E-state index in [0.717, 1.165) is 5.82 Å². The van der Waals surface area contributed by atoms with E-state index in [0.29, 0.717) is 18.1 Å². The molecule has 0 atom stereocenters. The topological polar surface area (TPSA) is 99.8 Å². The van der Waals surface area contributed by atoms with Gasteiger partial charge in [-0.3, -0.25) is 15.2 Å². The molecule has 0 aliphatic carbocycles. The maximum atomic E-state index is 11.6. The Morgan fingerprint density at radius 2 is 2.36 bits per heavy atom. The first kappa shape index (κ1) is 16.2. The number of urea groups is 1. The lowest BCUT2D eigenvalue weighted by atomic mass is 10.3. The van der Waals surface area contributed by atoms with Crippen LogP contribution < -0.4 is 10.6 Å². The van der Waals surface area contributed by atoms with Crippen molar-refractivity contribution in [1.29, 1.82) is 0 Å². The van der Waals surface area contributed by atoms with Crippen LogP contribution in [0.5, 0.6) is 0 Å². The molecule has 22 heavy (non-hydrogen) atoms. The minimum atomic E-state index is -0.543. The smallest absolute Gasteiger partial charge is 0.321 e. The first-order valence-electron chi connectivity index (χ1n) is 6.42. The van der Waals surface area contributed by atoms with Crippen molar-refractivity contribution in [1.82, 2.24) is 25.8 Å². The minimum Gasteiger partial charge on any atom is -0.334 e. The Hall–Kier alpha value is -2.13. The molecule has 9 heteroatoms. The van der Waals surface area contributed by atoms with Crippen LogP contribution in [-0.2, 0) is 11.2 Å². The SMILES string of the molecule is C=CCNC(=O)NC(=O)CSc1n[nH]c(Cc2cccs2)n1. The average Bonchev–Trinajstić information content (AvgIpc) is 3.15. The maximum absolute atomic E-state index is 11.6. The largest absolute Gasteiger partial charge is 0.334 e. The number of nitrogens with zero attached hydrogens (tertiary/aromatic N) is 2. The van der Waals surface area contributed by atoms with Gasteiger partial charge in [-0.2, -0.15) is 0 Å². The molecule has 0 saturated heterocycles. The summed E-state index contributed by atoms with van der Waals surface area (Å²) in [6, 6.07) is 3.46. The number of carbonyl (C=O) groups is 2. The van der Waals surface area contributed by atoms with E-state index in [1.54, 1.807) is 11.3 Å².